The van der Waals surface area contributed by atoms with Crippen LogP contribution in [0, 0.1) is 5.82 Å². The van der Waals surface area contributed by atoms with Crippen molar-refractivity contribution in [1.82, 2.24) is 4.90 Å². The number of ether oxygens (including phenoxy) is 1. The minimum atomic E-state index is -0.693. The van der Waals surface area contributed by atoms with Crippen LogP contribution >= 0.6 is 11.6 Å². The van der Waals surface area contributed by atoms with E-state index in [-0.39, 0.29) is 17.8 Å². The van der Waals surface area contributed by atoms with E-state index in [4.69, 9.17) is 16.3 Å². The molecule has 2 fully saturated rings. The first-order valence-electron chi connectivity index (χ1n) is 8.52. The molecule has 1 atom stereocenters. The highest BCUT2D eigenvalue weighted by molar-refractivity contribution is 6.30. The first kappa shape index (κ1) is 16.6. The van der Waals surface area contributed by atoms with Crippen molar-refractivity contribution >= 4 is 17.5 Å². The molecule has 2 aromatic rings. The molecule has 25 heavy (non-hydrogen) atoms. The van der Waals surface area contributed by atoms with E-state index in [0.717, 1.165) is 5.56 Å². The van der Waals surface area contributed by atoms with Gasteiger partial charge < -0.3 is 9.64 Å². The van der Waals surface area contributed by atoms with E-state index < -0.39 is 5.41 Å². The van der Waals surface area contributed by atoms with E-state index in [2.05, 4.69) is 0 Å². The minimum Gasteiger partial charge on any atom is -0.370 e. The van der Waals surface area contributed by atoms with Gasteiger partial charge in [0.2, 0.25) is 5.91 Å². The fraction of sp³-hybridized carbons (Fsp3) is 0.350. The van der Waals surface area contributed by atoms with Crippen molar-refractivity contribution in [2.75, 3.05) is 19.7 Å². The predicted octanol–water partition coefficient (Wildman–Crippen LogP) is 4.11. The molecule has 1 aliphatic heterocycles. The van der Waals surface area contributed by atoms with Crippen LogP contribution in [0.15, 0.2) is 48.5 Å². The van der Waals surface area contributed by atoms with Crippen molar-refractivity contribution in [2.45, 2.75) is 24.4 Å². The maximum atomic E-state index is 14.2. The summed E-state index contributed by atoms with van der Waals surface area (Å²) in [6.45, 7) is 1.47. The Kier molecular flexibility index (Phi) is 4.26. The normalized spacial score (nSPS) is 21.8. The third-order valence-corrected chi connectivity index (χ3v) is 5.36. The van der Waals surface area contributed by atoms with Crippen LogP contribution in [0.5, 0.6) is 0 Å². The quantitative estimate of drug-likeness (QED) is 0.825. The summed E-state index contributed by atoms with van der Waals surface area (Å²) in [7, 11) is 0. The molecule has 0 aromatic heterocycles. The first-order chi connectivity index (χ1) is 12.1. The van der Waals surface area contributed by atoms with E-state index >= 15 is 0 Å². The molecule has 5 heteroatoms. The SMILES string of the molecule is O=C(N1CCOC(c2cccc(Cl)c2)C1)C1(c2ccccc2F)CC1. The van der Waals surface area contributed by atoms with Crippen LogP contribution in [-0.2, 0) is 14.9 Å². The van der Waals surface area contributed by atoms with E-state index in [1.165, 1.54) is 6.07 Å². The molecular formula is C20H19ClFNO2. The standard InChI is InChI=1S/C20H19ClFNO2/c21-15-5-3-4-14(12-15)18-13-23(10-11-25-18)19(24)20(8-9-20)16-6-1-2-7-17(16)22/h1-7,12,18H,8-11,13H2. The van der Waals surface area contributed by atoms with Gasteiger partial charge >= 0.3 is 0 Å². The van der Waals surface area contributed by atoms with Gasteiger partial charge in [0.05, 0.1) is 18.6 Å². The van der Waals surface area contributed by atoms with Gasteiger partial charge in [-0.05, 0) is 36.6 Å². The highest BCUT2D eigenvalue weighted by Crippen LogP contribution is 2.50. The van der Waals surface area contributed by atoms with Gasteiger partial charge in [0, 0.05) is 17.1 Å². The Morgan fingerprint density at radius 1 is 1.20 bits per heavy atom. The van der Waals surface area contributed by atoms with Crippen molar-refractivity contribution in [2.24, 2.45) is 0 Å². The van der Waals surface area contributed by atoms with E-state index in [1.54, 1.807) is 18.2 Å². The number of amides is 1. The number of nitrogens with zero attached hydrogens (tertiary/aromatic N) is 1. The highest BCUT2D eigenvalue weighted by atomic mass is 35.5. The van der Waals surface area contributed by atoms with Crippen molar-refractivity contribution in [3.63, 3.8) is 0 Å². The number of hydrogen-bond donors (Lipinski definition) is 0. The van der Waals surface area contributed by atoms with Crippen molar-refractivity contribution in [1.29, 1.82) is 0 Å². The Hall–Kier alpha value is -1.91. The van der Waals surface area contributed by atoms with Crippen LogP contribution in [0.4, 0.5) is 4.39 Å². The summed E-state index contributed by atoms with van der Waals surface area (Å²) in [5.41, 5.74) is 0.785. The molecule has 0 spiro atoms. The molecule has 0 radical (unpaired) electrons. The summed E-state index contributed by atoms with van der Waals surface area (Å²) < 4.78 is 20.1. The van der Waals surface area contributed by atoms with Gasteiger partial charge in [0.15, 0.2) is 0 Å². The number of carbonyl (C=O) groups excluding carboxylic acids is 1. The second-order valence-corrected chi connectivity index (χ2v) is 7.16. The average Bonchev–Trinajstić information content (AvgIpc) is 3.43. The topological polar surface area (TPSA) is 29.5 Å². The van der Waals surface area contributed by atoms with Crippen LogP contribution in [0.3, 0.4) is 0 Å². The monoisotopic (exact) mass is 359 g/mol. The van der Waals surface area contributed by atoms with Crippen LogP contribution in [-0.4, -0.2) is 30.5 Å². The zero-order valence-electron chi connectivity index (χ0n) is 13.8. The molecule has 0 N–H and O–H groups in total. The van der Waals surface area contributed by atoms with E-state index in [1.807, 2.05) is 29.2 Å². The van der Waals surface area contributed by atoms with Gasteiger partial charge in [-0.1, -0.05) is 41.9 Å². The zero-order chi connectivity index (χ0) is 17.4. The fourth-order valence-corrected chi connectivity index (χ4v) is 3.82. The minimum absolute atomic E-state index is 0.00734. The van der Waals surface area contributed by atoms with Gasteiger partial charge in [-0.25, -0.2) is 4.39 Å². The van der Waals surface area contributed by atoms with Crippen LogP contribution in [0.1, 0.15) is 30.1 Å². The van der Waals surface area contributed by atoms with Crippen molar-refractivity contribution < 1.29 is 13.9 Å². The van der Waals surface area contributed by atoms with Gasteiger partial charge in [-0.3, -0.25) is 4.79 Å². The number of rotatable bonds is 3. The zero-order valence-corrected chi connectivity index (χ0v) is 14.5. The third kappa shape index (κ3) is 3.05. The second-order valence-electron chi connectivity index (χ2n) is 6.73. The number of carbonyl (C=O) groups is 1. The van der Waals surface area contributed by atoms with Gasteiger partial charge in [-0.2, -0.15) is 0 Å². The molecule has 0 bridgehead atoms. The van der Waals surface area contributed by atoms with Crippen LogP contribution < -0.4 is 0 Å². The number of hydrogen-bond acceptors (Lipinski definition) is 2. The Morgan fingerprint density at radius 2 is 2.00 bits per heavy atom. The lowest BCUT2D eigenvalue weighted by Crippen LogP contribution is -2.47. The molecular weight excluding hydrogens is 341 g/mol. The average molecular weight is 360 g/mol. The van der Waals surface area contributed by atoms with Crippen LogP contribution in [0.2, 0.25) is 5.02 Å². The molecule has 1 aliphatic carbocycles. The van der Waals surface area contributed by atoms with Gasteiger partial charge in [0.1, 0.15) is 11.9 Å². The van der Waals surface area contributed by atoms with Crippen LogP contribution in [0.25, 0.3) is 0 Å². The maximum Gasteiger partial charge on any atom is 0.233 e. The molecule has 1 saturated heterocycles. The molecule has 4 rings (SSSR count). The summed E-state index contributed by atoms with van der Waals surface area (Å²) in [5.74, 6) is -0.291. The Morgan fingerprint density at radius 3 is 2.72 bits per heavy atom. The van der Waals surface area contributed by atoms with Crippen molar-refractivity contribution in [3.05, 3.63) is 70.5 Å². The largest absolute Gasteiger partial charge is 0.370 e. The van der Waals surface area contributed by atoms with Gasteiger partial charge in [-0.15, -0.1) is 0 Å². The summed E-state index contributed by atoms with van der Waals surface area (Å²) in [5, 5.41) is 0.648. The molecule has 1 saturated carbocycles. The van der Waals surface area contributed by atoms with E-state index in [9.17, 15) is 9.18 Å². The molecule has 2 aromatic carbocycles. The number of morpholine rings is 1. The highest BCUT2D eigenvalue weighted by Gasteiger charge is 2.54. The lowest BCUT2D eigenvalue weighted by Gasteiger charge is -2.35. The predicted molar refractivity (Wildman–Crippen MR) is 94.0 cm³/mol. The second kappa shape index (κ2) is 6.43. The Labute approximate surface area is 151 Å². The molecule has 130 valence electrons. The molecule has 1 amide bonds. The Balaban J connectivity index is 1.56. The summed E-state index contributed by atoms with van der Waals surface area (Å²) >= 11 is 6.07. The maximum absolute atomic E-state index is 14.2. The van der Waals surface area contributed by atoms with E-state index in [0.29, 0.717) is 43.1 Å². The Bertz CT molecular complexity index is 806. The lowest BCUT2D eigenvalue weighted by atomic mass is 9.93. The van der Waals surface area contributed by atoms with Gasteiger partial charge in [0.25, 0.3) is 0 Å². The smallest absolute Gasteiger partial charge is 0.233 e. The summed E-state index contributed by atoms with van der Waals surface area (Å²) in [4.78, 5) is 15.0. The number of halogens is 2. The molecule has 1 heterocycles. The first-order valence-corrected chi connectivity index (χ1v) is 8.89. The third-order valence-electron chi connectivity index (χ3n) is 5.12. The molecule has 2 aliphatic rings. The fourth-order valence-electron chi connectivity index (χ4n) is 3.62. The van der Waals surface area contributed by atoms with Crippen molar-refractivity contribution in [3.8, 4) is 0 Å². The molecule has 3 nitrogen and oxygen atoms in total. The summed E-state index contributed by atoms with van der Waals surface area (Å²) in [6.07, 6.45) is 1.20. The molecule has 1 unspecified atom stereocenters. The lowest BCUT2D eigenvalue weighted by molar-refractivity contribution is -0.141. The number of benzene rings is 2. The summed E-state index contributed by atoms with van der Waals surface area (Å²) in [6, 6.07) is 14.1.